The standard InChI is InChI=1S/C9H11NO3/c11-9(12)8-4-6-5-10-3-1-2-7(6)13-8/h4,10H,1-3,5H2,(H,11,12). The van der Waals surface area contributed by atoms with Crippen LogP contribution in [0.1, 0.15) is 28.3 Å². The number of aromatic carboxylic acids is 1. The Kier molecular flexibility index (Phi) is 2.06. The van der Waals surface area contributed by atoms with Gasteiger partial charge in [0, 0.05) is 18.5 Å². The van der Waals surface area contributed by atoms with E-state index in [0.29, 0.717) is 6.54 Å². The van der Waals surface area contributed by atoms with Crippen molar-refractivity contribution in [2.75, 3.05) is 6.54 Å². The van der Waals surface area contributed by atoms with Crippen LogP contribution in [-0.4, -0.2) is 17.6 Å². The van der Waals surface area contributed by atoms with Crippen LogP contribution in [0.3, 0.4) is 0 Å². The van der Waals surface area contributed by atoms with Gasteiger partial charge in [-0.3, -0.25) is 0 Å². The molecular formula is C9H11NO3. The van der Waals surface area contributed by atoms with Crippen LogP contribution in [0.15, 0.2) is 10.5 Å². The van der Waals surface area contributed by atoms with E-state index in [1.165, 1.54) is 0 Å². The molecule has 0 aromatic carbocycles. The summed E-state index contributed by atoms with van der Waals surface area (Å²) in [4.78, 5) is 10.6. The molecule has 1 aromatic heterocycles. The molecule has 2 rings (SSSR count). The number of rotatable bonds is 1. The minimum absolute atomic E-state index is 0.0497. The highest BCUT2D eigenvalue weighted by Crippen LogP contribution is 2.19. The van der Waals surface area contributed by atoms with Crippen molar-refractivity contribution >= 4 is 5.97 Å². The van der Waals surface area contributed by atoms with Gasteiger partial charge in [-0.05, 0) is 19.0 Å². The van der Waals surface area contributed by atoms with Gasteiger partial charge in [0.25, 0.3) is 0 Å². The van der Waals surface area contributed by atoms with Gasteiger partial charge >= 0.3 is 5.97 Å². The molecule has 0 saturated heterocycles. The molecule has 1 aliphatic rings. The quantitative estimate of drug-likeness (QED) is 0.678. The van der Waals surface area contributed by atoms with Crippen molar-refractivity contribution < 1.29 is 14.3 Å². The smallest absolute Gasteiger partial charge is 0.371 e. The average Bonchev–Trinajstić information content (AvgIpc) is 2.38. The van der Waals surface area contributed by atoms with Gasteiger partial charge in [-0.1, -0.05) is 0 Å². The van der Waals surface area contributed by atoms with E-state index in [4.69, 9.17) is 9.52 Å². The second-order valence-electron chi connectivity index (χ2n) is 3.14. The van der Waals surface area contributed by atoms with Crippen molar-refractivity contribution in [2.24, 2.45) is 0 Å². The third-order valence-electron chi connectivity index (χ3n) is 2.18. The summed E-state index contributed by atoms with van der Waals surface area (Å²) >= 11 is 0. The Morgan fingerprint density at radius 2 is 2.46 bits per heavy atom. The third kappa shape index (κ3) is 1.58. The van der Waals surface area contributed by atoms with Gasteiger partial charge in [0.15, 0.2) is 0 Å². The Bertz CT molecular complexity index is 306. The summed E-state index contributed by atoms with van der Waals surface area (Å²) < 4.78 is 5.21. The van der Waals surface area contributed by atoms with Crippen molar-refractivity contribution in [1.82, 2.24) is 5.32 Å². The van der Waals surface area contributed by atoms with E-state index in [1.54, 1.807) is 6.07 Å². The lowest BCUT2D eigenvalue weighted by Gasteiger charge is -1.94. The summed E-state index contributed by atoms with van der Waals surface area (Å²) in [6, 6.07) is 1.61. The maximum atomic E-state index is 10.6. The summed E-state index contributed by atoms with van der Waals surface area (Å²) in [7, 11) is 0. The zero-order chi connectivity index (χ0) is 9.26. The minimum Gasteiger partial charge on any atom is -0.475 e. The van der Waals surface area contributed by atoms with Crippen LogP contribution in [-0.2, 0) is 13.0 Å². The Labute approximate surface area is 75.6 Å². The highest BCUT2D eigenvalue weighted by Gasteiger charge is 2.16. The van der Waals surface area contributed by atoms with E-state index in [-0.39, 0.29) is 5.76 Å². The zero-order valence-electron chi connectivity index (χ0n) is 7.17. The van der Waals surface area contributed by atoms with E-state index in [9.17, 15) is 4.79 Å². The van der Waals surface area contributed by atoms with Gasteiger partial charge in [0.05, 0.1) is 0 Å². The van der Waals surface area contributed by atoms with Gasteiger partial charge in [-0.2, -0.15) is 0 Å². The first-order valence-electron chi connectivity index (χ1n) is 4.33. The lowest BCUT2D eigenvalue weighted by molar-refractivity contribution is 0.0660. The molecule has 0 fully saturated rings. The Balaban J connectivity index is 2.32. The fourth-order valence-corrected chi connectivity index (χ4v) is 1.53. The van der Waals surface area contributed by atoms with Crippen LogP contribution in [0.5, 0.6) is 0 Å². The summed E-state index contributed by atoms with van der Waals surface area (Å²) in [6.07, 6.45) is 1.83. The van der Waals surface area contributed by atoms with Crippen LogP contribution >= 0.6 is 0 Å². The van der Waals surface area contributed by atoms with Gasteiger partial charge in [-0.25, -0.2) is 4.79 Å². The van der Waals surface area contributed by atoms with Crippen molar-refractivity contribution in [3.05, 3.63) is 23.2 Å². The van der Waals surface area contributed by atoms with E-state index < -0.39 is 5.97 Å². The molecule has 2 heterocycles. The first-order valence-corrected chi connectivity index (χ1v) is 4.33. The molecular weight excluding hydrogens is 170 g/mol. The van der Waals surface area contributed by atoms with Crippen molar-refractivity contribution in [1.29, 1.82) is 0 Å². The molecule has 1 aliphatic heterocycles. The fraction of sp³-hybridized carbons (Fsp3) is 0.444. The Morgan fingerprint density at radius 1 is 1.62 bits per heavy atom. The van der Waals surface area contributed by atoms with Crippen LogP contribution in [0.25, 0.3) is 0 Å². The molecule has 70 valence electrons. The van der Waals surface area contributed by atoms with E-state index in [1.807, 2.05) is 0 Å². The van der Waals surface area contributed by atoms with E-state index >= 15 is 0 Å². The summed E-state index contributed by atoms with van der Waals surface area (Å²) in [5.41, 5.74) is 0.981. The number of hydrogen-bond donors (Lipinski definition) is 2. The number of fused-ring (bicyclic) bond motifs is 1. The first kappa shape index (κ1) is 8.31. The molecule has 0 saturated carbocycles. The maximum absolute atomic E-state index is 10.6. The van der Waals surface area contributed by atoms with Crippen LogP contribution in [0.4, 0.5) is 0 Å². The molecule has 0 spiro atoms. The largest absolute Gasteiger partial charge is 0.475 e. The number of hydrogen-bond acceptors (Lipinski definition) is 3. The van der Waals surface area contributed by atoms with Crippen LogP contribution in [0, 0.1) is 0 Å². The average molecular weight is 181 g/mol. The molecule has 0 atom stereocenters. The molecule has 4 nitrogen and oxygen atoms in total. The number of furan rings is 1. The number of carbonyl (C=O) groups is 1. The highest BCUT2D eigenvalue weighted by atomic mass is 16.4. The molecule has 0 unspecified atom stereocenters. The maximum Gasteiger partial charge on any atom is 0.371 e. The first-order chi connectivity index (χ1) is 6.27. The van der Waals surface area contributed by atoms with Gasteiger partial charge in [0.2, 0.25) is 5.76 Å². The number of aryl methyl sites for hydroxylation is 1. The Morgan fingerprint density at radius 3 is 3.23 bits per heavy atom. The molecule has 4 heteroatoms. The van der Waals surface area contributed by atoms with Crippen LogP contribution in [0.2, 0.25) is 0 Å². The van der Waals surface area contributed by atoms with E-state index in [2.05, 4.69) is 5.32 Å². The normalized spacial score (nSPS) is 16.3. The minimum atomic E-state index is -0.993. The number of nitrogens with one attached hydrogen (secondary N) is 1. The second-order valence-corrected chi connectivity index (χ2v) is 3.14. The molecule has 0 radical (unpaired) electrons. The molecule has 13 heavy (non-hydrogen) atoms. The zero-order valence-corrected chi connectivity index (χ0v) is 7.17. The lowest BCUT2D eigenvalue weighted by atomic mass is 10.2. The summed E-state index contributed by atoms with van der Waals surface area (Å²) in [6.45, 7) is 1.68. The Hall–Kier alpha value is -1.29. The van der Waals surface area contributed by atoms with Crippen molar-refractivity contribution in [3.63, 3.8) is 0 Å². The van der Waals surface area contributed by atoms with E-state index in [0.717, 1.165) is 30.7 Å². The third-order valence-corrected chi connectivity index (χ3v) is 2.18. The topological polar surface area (TPSA) is 62.5 Å². The van der Waals surface area contributed by atoms with Gasteiger partial charge in [-0.15, -0.1) is 0 Å². The molecule has 0 aliphatic carbocycles. The lowest BCUT2D eigenvalue weighted by Crippen LogP contribution is -2.11. The van der Waals surface area contributed by atoms with Gasteiger partial charge < -0.3 is 14.8 Å². The molecule has 0 amide bonds. The summed E-state index contributed by atoms with van der Waals surface area (Å²) in [5, 5.41) is 11.9. The van der Waals surface area contributed by atoms with Crippen molar-refractivity contribution in [2.45, 2.75) is 19.4 Å². The fourth-order valence-electron chi connectivity index (χ4n) is 1.53. The SMILES string of the molecule is O=C(O)c1cc2c(o1)CCCNC2. The molecule has 1 aromatic rings. The predicted molar refractivity (Wildman–Crippen MR) is 45.7 cm³/mol. The van der Waals surface area contributed by atoms with Crippen molar-refractivity contribution in [3.8, 4) is 0 Å². The number of carboxylic acids is 1. The highest BCUT2D eigenvalue weighted by molar-refractivity contribution is 5.84. The monoisotopic (exact) mass is 181 g/mol. The number of carboxylic acid groups (broad SMARTS) is 1. The molecule has 2 N–H and O–H groups in total. The molecule has 0 bridgehead atoms. The van der Waals surface area contributed by atoms with Gasteiger partial charge in [0.1, 0.15) is 5.76 Å². The summed E-state index contributed by atoms with van der Waals surface area (Å²) in [5.74, 6) is -0.121. The van der Waals surface area contributed by atoms with Crippen LogP contribution < -0.4 is 5.32 Å². The predicted octanol–water partition coefficient (Wildman–Crippen LogP) is 1.01. The second kappa shape index (κ2) is 3.22.